The van der Waals surface area contributed by atoms with Crippen LogP contribution in [0.4, 0.5) is 13.2 Å². The number of aromatic nitrogens is 6. The molecule has 1 aliphatic rings. The van der Waals surface area contributed by atoms with Gasteiger partial charge in [-0.05, 0) is 25.0 Å². The summed E-state index contributed by atoms with van der Waals surface area (Å²) in [6.45, 7) is 0.986. The summed E-state index contributed by atoms with van der Waals surface area (Å²) in [4.78, 5) is 21.3. The average Bonchev–Trinajstić information content (AvgIpc) is 3.30. The lowest BCUT2D eigenvalue weighted by Gasteiger charge is -2.31. The van der Waals surface area contributed by atoms with E-state index < -0.39 is 12.0 Å². The second-order valence-electron chi connectivity index (χ2n) is 6.05. The number of H-pyrrole nitrogens is 1. The van der Waals surface area contributed by atoms with Gasteiger partial charge in [0, 0.05) is 31.4 Å². The van der Waals surface area contributed by atoms with Gasteiger partial charge >= 0.3 is 6.18 Å². The van der Waals surface area contributed by atoms with Gasteiger partial charge in [0.15, 0.2) is 0 Å². The van der Waals surface area contributed by atoms with Crippen molar-refractivity contribution in [1.29, 1.82) is 0 Å². The highest BCUT2D eigenvalue weighted by atomic mass is 19.4. The predicted molar refractivity (Wildman–Crippen MR) is 82.3 cm³/mol. The quantitative estimate of drug-likeness (QED) is 0.749. The molecule has 1 saturated heterocycles. The van der Waals surface area contributed by atoms with Crippen LogP contribution in [0.1, 0.15) is 40.8 Å². The highest BCUT2D eigenvalue weighted by molar-refractivity contribution is 5.92. The molecule has 11 heteroatoms. The lowest BCUT2D eigenvalue weighted by Crippen LogP contribution is -2.38. The molecule has 0 unspecified atom stereocenters. The number of aromatic amines is 1. The fourth-order valence-corrected chi connectivity index (χ4v) is 3.16. The Bertz CT molecular complexity index is 927. The standard InChI is InChI=1S/C15H14F3N7O/c16-15(17,18)13-21-14-19-5-2-11(25(14)23-13)9-3-7-24(8-4-9)12(26)10-1-6-20-22-10/h1-2,5-6,9H,3-4,7-8H2,(H,20,22). The Hall–Kier alpha value is -2.98. The second-order valence-corrected chi connectivity index (χ2v) is 6.05. The Morgan fingerprint density at radius 2 is 1.96 bits per heavy atom. The van der Waals surface area contributed by atoms with E-state index in [2.05, 4.69) is 25.3 Å². The van der Waals surface area contributed by atoms with Crippen LogP contribution < -0.4 is 0 Å². The minimum absolute atomic E-state index is 0.0332. The number of hydrogen-bond donors (Lipinski definition) is 1. The van der Waals surface area contributed by atoms with Crippen molar-refractivity contribution in [2.75, 3.05) is 13.1 Å². The first-order valence-corrected chi connectivity index (χ1v) is 8.01. The van der Waals surface area contributed by atoms with Gasteiger partial charge in [0.05, 0.1) is 5.69 Å². The van der Waals surface area contributed by atoms with E-state index in [1.54, 1.807) is 17.0 Å². The minimum atomic E-state index is -4.62. The SMILES string of the molecule is O=C(c1ccn[nH]1)N1CCC(c2ccnc3nc(C(F)(F)F)nn23)CC1. The first-order valence-electron chi connectivity index (χ1n) is 8.01. The number of fused-ring (bicyclic) bond motifs is 1. The summed E-state index contributed by atoms with van der Waals surface area (Å²) in [7, 11) is 0. The third-order valence-corrected chi connectivity index (χ3v) is 4.46. The van der Waals surface area contributed by atoms with Crippen molar-refractivity contribution in [3.63, 3.8) is 0 Å². The van der Waals surface area contributed by atoms with Gasteiger partial charge < -0.3 is 4.90 Å². The zero-order chi connectivity index (χ0) is 18.3. The Kier molecular flexibility index (Phi) is 3.85. The normalized spacial score (nSPS) is 16.3. The van der Waals surface area contributed by atoms with Crippen LogP contribution in [0.3, 0.4) is 0 Å². The lowest BCUT2D eigenvalue weighted by atomic mass is 9.93. The molecular weight excluding hydrogens is 351 g/mol. The highest BCUT2D eigenvalue weighted by Gasteiger charge is 2.37. The Morgan fingerprint density at radius 1 is 1.19 bits per heavy atom. The number of carbonyl (C=O) groups excluding carboxylic acids is 1. The van der Waals surface area contributed by atoms with E-state index in [0.717, 1.165) is 4.52 Å². The number of piperidine rings is 1. The van der Waals surface area contributed by atoms with Crippen LogP contribution in [0.5, 0.6) is 0 Å². The molecule has 1 amide bonds. The molecule has 8 nitrogen and oxygen atoms in total. The molecule has 3 aromatic rings. The van der Waals surface area contributed by atoms with Crippen LogP contribution in [-0.2, 0) is 6.18 Å². The van der Waals surface area contributed by atoms with Crippen molar-refractivity contribution in [1.82, 2.24) is 34.7 Å². The average molecular weight is 365 g/mol. The zero-order valence-electron chi connectivity index (χ0n) is 13.4. The van der Waals surface area contributed by atoms with Crippen LogP contribution in [0, 0.1) is 0 Å². The second kappa shape index (κ2) is 6.07. The molecule has 4 rings (SSSR count). The monoisotopic (exact) mass is 365 g/mol. The lowest BCUT2D eigenvalue weighted by molar-refractivity contribution is -0.144. The van der Waals surface area contributed by atoms with E-state index in [1.807, 2.05) is 0 Å². The van der Waals surface area contributed by atoms with Gasteiger partial charge in [0.2, 0.25) is 0 Å². The van der Waals surface area contributed by atoms with Gasteiger partial charge in [-0.25, -0.2) is 9.50 Å². The van der Waals surface area contributed by atoms with Crippen molar-refractivity contribution in [3.8, 4) is 0 Å². The van der Waals surface area contributed by atoms with Crippen molar-refractivity contribution in [2.24, 2.45) is 0 Å². The summed E-state index contributed by atoms with van der Waals surface area (Å²) in [5, 5.41) is 9.98. The maximum atomic E-state index is 12.9. The number of nitrogens with zero attached hydrogens (tertiary/aromatic N) is 6. The molecule has 1 N–H and O–H groups in total. The van der Waals surface area contributed by atoms with Gasteiger partial charge in [-0.2, -0.15) is 23.3 Å². The molecule has 0 saturated carbocycles. The fourth-order valence-electron chi connectivity index (χ4n) is 3.16. The number of amides is 1. The number of halogens is 3. The largest absolute Gasteiger partial charge is 0.453 e. The van der Waals surface area contributed by atoms with Crippen molar-refractivity contribution < 1.29 is 18.0 Å². The van der Waals surface area contributed by atoms with Gasteiger partial charge in [-0.3, -0.25) is 9.89 Å². The van der Waals surface area contributed by atoms with E-state index in [9.17, 15) is 18.0 Å². The predicted octanol–water partition coefficient (Wildman–Crippen LogP) is 1.89. The van der Waals surface area contributed by atoms with Gasteiger partial charge in [-0.1, -0.05) is 0 Å². The molecule has 0 radical (unpaired) electrons. The molecular formula is C15H14F3N7O. The molecule has 136 valence electrons. The summed E-state index contributed by atoms with van der Waals surface area (Å²) < 4.78 is 39.7. The Morgan fingerprint density at radius 3 is 2.62 bits per heavy atom. The summed E-state index contributed by atoms with van der Waals surface area (Å²) in [6, 6.07) is 3.26. The number of likely N-dealkylation sites (tertiary alicyclic amines) is 1. The fraction of sp³-hybridized carbons (Fsp3) is 0.400. The molecule has 1 aliphatic heterocycles. The summed E-state index contributed by atoms with van der Waals surface area (Å²) in [5.74, 6) is -1.45. The first-order chi connectivity index (χ1) is 12.4. The molecule has 0 aliphatic carbocycles. The number of alkyl halides is 3. The number of nitrogens with one attached hydrogen (secondary N) is 1. The maximum absolute atomic E-state index is 12.9. The number of hydrogen-bond acceptors (Lipinski definition) is 5. The van der Waals surface area contributed by atoms with Crippen LogP contribution in [-0.4, -0.2) is 53.7 Å². The summed E-state index contributed by atoms with van der Waals surface area (Å²) >= 11 is 0. The van der Waals surface area contributed by atoms with Gasteiger partial charge in [-0.15, -0.1) is 5.10 Å². The molecule has 3 aromatic heterocycles. The van der Waals surface area contributed by atoms with Crippen molar-refractivity contribution in [2.45, 2.75) is 24.9 Å². The highest BCUT2D eigenvalue weighted by Crippen LogP contribution is 2.30. The van der Waals surface area contributed by atoms with Gasteiger partial charge in [0.25, 0.3) is 17.5 Å². The third-order valence-electron chi connectivity index (χ3n) is 4.46. The van der Waals surface area contributed by atoms with Crippen LogP contribution in [0.2, 0.25) is 0 Å². The van der Waals surface area contributed by atoms with E-state index in [4.69, 9.17) is 0 Å². The minimum Gasteiger partial charge on any atom is -0.337 e. The summed E-state index contributed by atoms with van der Waals surface area (Å²) in [5.41, 5.74) is 1.03. The van der Waals surface area contributed by atoms with Crippen LogP contribution in [0.25, 0.3) is 5.78 Å². The Balaban J connectivity index is 1.54. The number of carbonyl (C=O) groups is 1. The Labute approximate surface area is 145 Å². The van der Waals surface area contributed by atoms with Gasteiger partial charge in [0.1, 0.15) is 5.69 Å². The topological polar surface area (TPSA) is 92.1 Å². The van der Waals surface area contributed by atoms with E-state index in [0.29, 0.717) is 37.3 Å². The van der Waals surface area contributed by atoms with E-state index >= 15 is 0 Å². The zero-order valence-corrected chi connectivity index (χ0v) is 13.4. The molecule has 0 aromatic carbocycles. The van der Waals surface area contributed by atoms with E-state index in [1.165, 1.54) is 12.4 Å². The molecule has 0 bridgehead atoms. The maximum Gasteiger partial charge on any atom is 0.453 e. The third kappa shape index (κ3) is 2.89. The van der Waals surface area contributed by atoms with Crippen molar-refractivity contribution in [3.05, 3.63) is 41.7 Å². The molecule has 0 spiro atoms. The molecule has 4 heterocycles. The molecule has 0 atom stereocenters. The van der Waals surface area contributed by atoms with Crippen molar-refractivity contribution >= 4 is 11.7 Å². The van der Waals surface area contributed by atoms with Crippen LogP contribution in [0.15, 0.2) is 24.5 Å². The number of rotatable bonds is 2. The first kappa shape index (κ1) is 16.5. The molecule has 26 heavy (non-hydrogen) atoms. The van der Waals surface area contributed by atoms with Crippen LogP contribution >= 0.6 is 0 Å². The van der Waals surface area contributed by atoms with E-state index in [-0.39, 0.29) is 17.6 Å². The summed E-state index contributed by atoms with van der Waals surface area (Å²) in [6.07, 6.45) is -0.455. The smallest absolute Gasteiger partial charge is 0.337 e. The molecule has 1 fully saturated rings.